The molecule has 0 aliphatic rings. The average Bonchev–Trinajstić information content (AvgIpc) is 2.26. The number of hydrogen-bond donors (Lipinski definition) is 2. The number of carbonyl (C=O) groups excluding carboxylic acids is 1. The summed E-state index contributed by atoms with van der Waals surface area (Å²) in [6, 6.07) is 6.93. The van der Waals surface area contributed by atoms with Crippen LogP contribution in [0.2, 0.25) is 0 Å². The van der Waals surface area contributed by atoms with Crippen LogP contribution in [0.4, 0.5) is 10.5 Å². The maximum absolute atomic E-state index is 11.6. The van der Waals surface area contributed by atoms with Crippen LogP contribution in [0.25, 0.3) is 0 Å². The number of alkyl halides is 1. The van der Waals surface area contributed by atoms with E-state index in [1.807, 2.05) is 0 Å². The minimum Gasteiger partial charge on any atom is -0.444 e. The lowest BCUT2D eigenvalue weighted by Crippen LogP contribution is -2.27. The highest BCUT2D eigenvalue weighted by Crippen LogP contribution is 2.24. The number of aliphatic hydroxyl groups excluding tert-OH is 1. The highest BCUT2D eigenvalue weighted by atomic mass is 35.5. The van der Waals surface area contributed by atoms with Crippen LogP contribution in [0.5, 0.6) is 0 Å². The molecular weight excluding hydrogens is 254 g/mol. The minimum absolute atomic E-state index is 0.0625. The first-order valence-electron chi connectivity index (χ1n) is 5.66. The Bertz CT molecular complexity index is 415. The molecule has 1 atom stereocenters. The fourth-order valence-electron chi connectivity index (χ4n) is 1.40. The molecule has 1 aromatic rings. The van der Waals surface area contributed by atoms with Gasteiger partial charge in [-0.05, 0) is 26.8 Å². The second kappa shape index (κ2) is 6.07. The summed E-state index contributed by atoms with van der Waals surface area (Å²) in [7, 11) is 0. The van der Waals surface area contributed by atoms with Crippen LogP contribution in [0.15, 0.2) is 24.3 Å². The summed E-state index contributed by atoms with van der Waals surface area (Å²) in [4.78, 5) is 11.6. The summed E-state index contributed by atoms with van der Waals surface area (Å²) in [5.74, 6) is 0.0625. The molecule has 4 nitrogen and oxygen atoms in total. The topological polar surface area (TPSA) is 58.6 Å². The fraction of sp³-hybridized carbons (Fsp3) is 0.462. The van der Waals surface area contributed by atoms with E-state index in [-0.39, 0.29) is 5.88 Å². The molecule has 0 heterocycles. The maximum atomic E-state index is 11.6. The van der Waals surface area contributed by atoms with Crippen molar-refractivity contribution in [2.45, 2.75) is 32.5 Å². The quantitative estimate of drug-likeness (QED) is 0.829. The minimum atomic E-state index is -0.821. The van der Waals surface area contributed by atoms with Gasteiger partial charge in [-0.2, -0.15) is 0 Å². The Morgan fingerprint density at radius 3 is 2.61 bits per heavy atom. The maximum Gasteiger partial charge on any atom is 0.412 e. The first kappa shape index (κ1) is 14.8. The molecule has 0 aliphatic carbocycles. The lowest BCUT2D eigenvalue weighted by molar-refractivity contribution is 0.0635. The van der Waals surface area contributed by atoms with Crippen LogP contribution in [-0.2, 0) is 4.74 Å². The standard InChI is InChI=1S/C13H18ClNO3/c1-13(2,3)18-12(17)15-10-7-5-4-6-9(10)11(16)8-14/h4-7,11,16H,8H2,1-3H3,(H,15,17). The van der Waals surface area contributed by atoms with Crippen molar-refractivity contribution in [3.8, 4) is 0 Å². The van der Waals surface area contributed by atoms with Gasteiger partial charge in [-0.25, -0.2) is 4.79 Å². The summed E-state index contributed by atoms with van der Waals surface area (Å²) in [6.45, 7) is 5.35. The Hall–Kier alpha value is -1.26. The van der Waals surface area contributed by atoms with Crippen molar-refractivity contribution < 1.29 is 14.6 Å². The third-order valence-electron chi connectivity index (χ3n) is 2.10. The van der Waals surface area contributed by atoms with Crippen molar-refractivity contribution in [1.29, 1.82) is 0 Å². The molecule has 1 aromatic carbocycles. The smallest absolute Gasteiger partial charge is 0.412 e. The van der Waals surface area contributed by atoms with Gasteiger partial charge in [0.2, 0.25) is 0 Å². The summed E-state index contributed by atoms with van der Waals surface area (Å²) >= 11 is 5.61. The average molecular weight is 272 g/mol. The van der Waals surface area contributed by atoms with Gasteiger partial charge in [0.25, 0.3) is 0 Å². The number of para-hydroxylation sites is 1. The molecule has 0 aliphatic heterocycles. The zero-order valence-corrected chi connectivity index (χ0v) is 11.5. The third-order valence-corrected chi connectivity index (χ3v) is 2.39. The number of nitrogens with one attached hydrogen (secondary N) is 1. The summed E-state index contributed by atoms with van der Waals surface area (Å²) < 4.78 is 5.15. The SMILES string of the molecule is CC(C)(C)OC(=O)Nc1ccccc1C(O)CCl. The highest BCUT2D eigenvalue weighted by molar-refractivity contribution is 6.18. The second-order valence-electron chi connectivity index (χ2n) is 4.88. The molecule has 1 amide bonds. The van der Waals surface area contributed by atoms with Crippen molar-refractivity contribution >= 4 is 23.4 Å². The molecule has 0 spiro atoms. The van der Waals surface area contributed by atoms with E-state index in [4.69, 9.17) is 16.3 Å². The molecule has 2 N–H and O–H groups in total. The fourth-order valence-corrected chi connectivity index (χ4v) is 1.56. The van der Waals surface area contributed by atoms with E-state index in [0.29, 0.717) is 11.3 Å². The van der Waals surface area contributed by atoms with Gasteiger partial charge in [-0.3, -0.25) is 5.32 Å². The Balaban J connectivity index is 2.81. The first-order valence-corrected chi connectivity index (χ1v) is 6.20. The Morgan fingerprint density at radius 2 is 2.06 bits per heavy atom. The molecule has 0 bridgehead atoms. The number of carbonyl (C=O) groups is 1. The zero-order chi connectivity index (χ0) is 13.8. The van der Waals surface area contributed by atoms with Gasteiger partial charge < -0.3 is 9.84 Å². The monoisotopic (exact) mass is 271 g/mol. The molecule has 1 unspecified atom stereocenters. The van der Waals surface area contributed by atoms with Gasteiger partial charge in [0.15, 0.2) is 0 Å². The summed E-state index contributed by atoms with van der Waals surface area (Å²) in [5, 5.41) is 12.3. The second-order valence-corrected chi connectivity index (χ2v) is 5.19. The number of halogens is 1. The van der Waals surface area contributed by atoms with Crippen molar-refractivity contribution in [3.63, 3.8) is 0 Å². The molecule has 18 heavy (non-hydrogen) atoms. The predicted octanol–water partition coefficient (Wildman–Crippen LogP) is 3.31. The van der Waals surface area contributed by atoms with Crippen LogP contribution in [0, 0.1) is 0 Å². The molecule has 0 saturated carbocycles. The van der Waals surface area contributed by atoms with Crippen molar-refractivity contribution in [2.24, 2.45) is 0 Å². The van der Waals surface area contributed by atoms with Crippen LogP contribution in [0.3, 0.4) is 0 Å². The van der Waals surface area contributed by atoms with Crippen LogP contribution in [0.1, 0.15) is 32.4 Å². The number of aliphatic hydroxyl groups is 1. The van der Waals surface area contributed by atoms with Crippen molar-refractivity contribution in [2.75, 3.05) is 11.2 Å². The zero-order valence-electron chi connectivity index (χ0n) is 10.7. The van der Waals surface area contributed by atoms with E-state index >= 15 is 0 Å². The number of ether oxygens (including phenoxy) is 1. The molecule has 1 rings (SSSR count). The molecule has 0 aromatic heterocycles. The molecule has 0 radical (unpaired) electrons. The third kappa shape index (κ3) is 4.55. The van der Waals surface area contributed by atoms with E-state index in [9.17, 15) is 9.90 Å². The van der Waals surface area contributed by atoms with Gasteiger partial charge in [0.1, 0.15) is 5.60 Å². The lowest BCUT2D eigenvalue weighted by atomic mass is 10.1. The number of rotatable bonds is 3. The van der Waals surface area contributed by atoms with Gasteiger partial charge in [-0.15, -0.1) is 11.6 Å². The van der Waals surface area contributed by atoms with E-state index in [2.05, 4.69) is 5.32 Å². The highest BCUT2D eigenvalue weighted by Gasteiger charge is 2.18. The first-order chi connectivity index (χ1) is 8.33. The molecule has 0 saturated heterocycles. The summed E-state index contributed by atoms with van der Waals surface area (Å²) in [5.41, 5.74) is 0.502. The normalized spacial score (nSPS) is 12.9. The number of benzene rings is 1. The van der Waals surface area contributed by atoms with Crippen LogP contribution < -0.4 is 5.32 Å². The van der Waals surface area contributed by atoms with Crippen LogP contribution in [-0.4, -0.2) is 22.7 Å². The molecular formula is C13H18ClNO3. The Morgan fingerprint density at radius 1 is 1.44 bits per heavy atom. The summed E-state index contributed by atoms with van der Waals surface area (Å²) in [6.07, 6.45) is -1.38. The number of anilines is 1. The van der Waals surface area contributed by atoms with E-state index in [0.717, 1.165) is 0 Å². The van der Waals surface area contributed by atoms with Gasteiger partial charge in [-0.1, -0.05) is 18.2 Å². The van der Waals surface area contributed by atoms with E-state index < -0.39 is 17.8 Å². The van der Waals surface area contributed by atoms with E-state index in [1.54, 1.807) is 45.0 Å². The van der Waals surface area contributed by atoms with Gasteiger partial charge >= 0.3 is 6.09 Å². The van der Waals surface area contributed by atoms with Gasteiger partial charge in [0, 0.05) is 11.3 Å². The van der Waals surface area contributed by atoms with Crippen LogP contribution >= 0.6 is 11.6 Å². The largest absolute Gasteiger partial charge is 0.444 e. The van der Waals surface area contributed by atoms with Gasteiger partial charge in [0.05, 0.1) is 12.0 Å². The van der Waals surface area contributed by atoms with Crippen molar-refractivity contribution in [3.05, 3.63) is 29.8 Å². The molecule has 0 fully saturated rings. The predicted molar refractivity (Wildman–Crippen MR) is 72.0 cm³/mol. The lowest BCUT2D eigenvalue weighted by Gasteiger charge is -2.21. The molecule has 100 valence electrons. The Kier molecular flexibility index (Phi) is 4.99. The molecule has 5 heteroatoms. The number of amides is 1. The van der Waals surface area contributed by atoms with E-state index in [1.165, 1.54) is 0 Å². The Labute approximate surface area is 112 Å². The van der Waals surface area contributed by atoms with Crippen molar-refractivity contribution in [1.82, 2.24) is 0 Å². The number of hydrogen-bond acceptors (Lipinski definition) is 3.